The molecular formula is C20H20ClN3O2S2. The number of halogens is 1. The molecule has 28 heavy (non-hydrogen) atoms. The number of hydrogen-bond donors (Lipinski definition) is 1. The monoisotopic (exact) mass is 433 g/mol. The van der Waals surface area contributed by atoms with Crippen LogP contribution in [0.5, 0.6) is 0 Å². The highest BCUT2D eigenvalue weighted by Gasteiger charge is 2.25. The van der Waals surface area contributed by atoms with E-state index in [1.165, 1.54) is 0 Å². The molecule has 1 aliphatic heterocycles. The molecule has 3 aromatic rings. The summed E-state index contributed by atoms with van der Waals surface area (Å²) in [5.41, 5.74) is 1.77. The largest absolute Gasteiger partial charge is 0.348 e. The van der Waals surface area contributed by atoms with Crippen molar-refractivity contribution < 1.29 is 8.42 Å². The zero-order valence-electron chi connectivity index (χ0n) is 15.1. The van der Waals surface area contributed by atoms with E-state index in [1.807, 2.05) is 23.6 Å². The molecule has 0 atom stereocenters. The molecule has 4 rings (SSSR count). The number of piperidine rings is 1. The normalized spacial score (nSPS) is 15.7. The predicted octanol–water partition coefficient (Wildman–Crippen LogP) is 4.41. The summed E-state index contributed by atoms with van der Waals surface area (Å²) in [6.45, 7) is 1.59. The lowest BCUT2D eigenvalue weighted by molar-refractivity contribution is 0.460. The Balaban J connectivity index is 1.45. The molecule has 8 heteroatoms. The van der Waals surface area contributed by atoms with E-state index < -0.39 is 10.0 Å². The van der Waals surface area contributed by atoms with Gasteiger partial charge in [-0.25, -0.2) is 18.1 Å². The fourth-order valence-electron chi connectivity index (χ4n) is 3.33. The SMILES string of the molecule is O=S(=O)(NC1CCN(c2nccs2)CC1)c1cccc(-c2ccc(Cl)cc2)c1. The molecule has 0 aliphatic carbocycles. The number of nitrogens with one attached hydrogen (secondary N) is 1. The lowest BCUT2D eigenvalue weighted by atomic mass is 10.1. The lowest BCUT2D eigenvalue weighted by Gasteiger charge is -2.32. The van der Waals surface area contributed by atoms with Crippen molar-refractivity contribution in [3.05, 3.63) is 65.1 Å². The van der Waals surface area contributed by atoms with Gasteiger partial charge in [-0.3, -0.25) is 0 Å². The molecular weight excluding hydrogens is 414 g/mol. The van der Waals surface area contributed by atoms with Crippen LogP contribution in [-0.2, 0) is 10.0 Å². The second-order valence-corrected chi connectivity index (χ2v) is 9.76. The Kier molecular flexibility index (Phi) is 5.68. The first kappa shape index (κ1) is 19.4. The number of hydrogen-bond acceptors (Lipinski definition) is 5. The van der Waals surface area contributed by atoms with E-state index in [-0.39, 0.29) is 10.9 Å². The minimum Gasteiger partial charge on any atom is -0.348 e. The second-order valence-electron chi connectivity index (χ2n) is 6.73. The van der Waals surface area contributed by atoms with Gasteiger partial charge in [-0.15, -0.1) is 11.3 Å². The minimum atomic E-state index is -3.58. The van der Waals surface area contributed by atoms with Gasteiger partial charge in [0.1, 0.15) is 0 Å². The molecule has 0 spiro atoms. The molecule has 0 saturated carbocycles. The number of anilines is 1. The molecule has 5 nitrogen and oxygen atoms in total. The zero-order valence-corrected chi connectivity index (χ0v) is 17.5. The zero-order chi connectivity index (χ0) is 19.6. The van der Waals surface area contributed by atoms with E-state index in [0.29, 0.717) is 5.02 Å². The minimum absolute atomic E-state index is 0.0691. The van der Waals surface area contributed by atoms with Gasteiger partial charge in [-0.05, 0) is 48.2 Å². The first-order valence-corrected chi connectivity index (χ1v) is 11.8. The highest BCUT2D eigenvalue weighted by atomic mass is 35.5. The summed E-state index contributed by atoms with van der Waals surface area (Å²) in [5.74, 6) is 0. The standard InChI is InChI=1S/C20H20ClN3O2S2/c21-17-6-4-15(5-7-17)16-2-1-3-19(14-16)28(25,26)23-18-8-11-24(12-9-18)20-22-10-13-27-20/h1-7,10,13-14,18,23H,8-9,11-12H2. The van der Waals surface area contributed by atoms with E-state index in [1.54, 1.807) is 47.9 Å². The maximum absolute atomic E-state index is 12.9. The third kappa shape index (κ3) is 4.38. The van der Waals surface area contributed by atoms with Gasteiger partial charge in [0.2, 0.25) is 10.0 Å². The highest BCUT2D eigenvalue weighted by molar-refractivity contribution is 7.89. The van der Waals surface area contributed by atoms with E-state index >= 15 is 0 Å². The molecule has 0 radical (unpaired) electrons. The first-order chi connectivity index (χ1) is 13.5. The van der Waals surface area contributed by atoms with Crippen LogP contribution in [0.3, 0.4) is 0 Å². The van der Waals surface area contributed by atoms with Crippen molar-refractivity contribution in [2.24, 2.45) is 0 Å². The summed E-state index contributed by atoms with van der Waals surface area (Å²) in [6.07, 6.45) is 3.31. The maximum Gasteiger partial charge on any atom is 0.240 e. The fraction of sp³-hybridized carbons (Fsp3) is 0.250. The smallest absolute Gasteiger partial charge is 0.240 e. The Hall–Kier alpha value is -1.93. The summed E-state index contributed by atoms with van der Waals surface area (Å²) >= 11 is 7.55. The summed E-state index contributed by atoms with van der Waals surface area (Å²) in [4.78, 5) is 6.81. The molecule has 1 N–H and O–H groups in total. The van der Waals surface area contributed by atoms with Crippen molar-refractivity contribution in [2.75, 3.05) is 18.0 Å². The number of benzene rings is 2. The summed E-state index contributed by atoms with van der Waals surface area (Å²) in [5, 5.41) is 3.60. The molecule has 0 amide bonds. The molecule has 2 heterocycles. The molecule has 0 bridgehead atoms. The Morgan fingerprint density at radius 3 is 2.50 bits per heavy atom. The number of sulfonamides is 1. The Labute approximate surface area is 174 Å². The molecule has 1 saturated heterocycles. The number of rotatable bonds is 5. The van der Waals surface area contributed by atoms with Crippen LogP contribution in [0, 0.1) is 0 Å². The van der Waals surface area contributed by atoms with Gasteiger partial charge in [0, 0.05) is 35.7 Å². The van der Waals surface area contributed by atoms with E-state index in [0.717, 1.165) is 42.2 Å². The van der Waals surface area contributed by atoms with Crippen LogP contribution < -0.4 is 9.62 Å². The maximum atomic E-state index is 12.9. The fourth-order valence-corrected chi connectivity index (χ4v) is 5.51. The van der Waals surface area contributed by atoms with Crippen molar-refractivity contribution in [3.8, 4) is 11.1 Å². The number of aromatic nitrogens is 1. The highest BCUT2D eigenvalue weighted by Crippen LogP contribution is 2.26. The van der Waals surface area contributed by atoms with Crippen LogP contribution in [0.25, 0.3) is 11.1 Å². The van der Waals surface area contributed by atoms with Crippen molar-refractivity contribution in [1.29, 1.82) is 0 Å². The third-order valence-corrected chi connectivity index (χ3v) is 7.43. The van der Waals surface area contributed by atoms with Crippen molar-refractivity contribution >= 4 is 38.1 Å². The van der Waals surface area contributed by atoms with E-state index in [4.69, 9.17) is 11.6 Å². The van der Waals surface area contributed by atoms with E-state index in [2.05, 4.69) is 14.6 Å². The summed E-state index contributed by atoms with van der Waals surface area (Å²) in [7, 11) is -3.58. The molecule has 0 unspecified atom stereocenters. The quantitative estimate of drug-likeness (QED) is 0.647. The van der Waals surface area contributed by atoms with Gasteiger partial charge < -0.3 is 4.90 Å². The van der Waals surface area contributed by atoms with Crippen molar-refractivity contribution in [2.45, 2.75) is 23.8 Å². The van der Waals surface area contributed by atoms with Crippen molar-refractivity contribution in [1.82, 2.24) is 9.71 Å². The third-order valence-electron chi connectivity index (χ3n) is 4.83. The van der Waals surface area contributed by atoms with Gasteiger partial charge in [0.15, 0.2) is 5.13 Å². The van der Waals surface area contributed by atoms with Gasteiger partial charge in [-0.2, -0.15) is 0 Å². The van der Waals surface area contributed by atoms with E-state index in [9.17, 15) is 8.42 Å². The van der Waals surface area contributed by atoms with Gasteiger partial charge in [0.25, 0.3) is 0 Å². The van der Waals surface area contributed by atoms with Gasteiger partial charge >= 0.3 is 0 Å². The molecule has 1 aliphatic rings. The molecule has 1 fully saturated rings. The topological polar surface area (TPSA) is 62.3 Å². The molecule has 2 aromatic carbocycles. The second kappa shape index (κ2) is 8.21. The number of nitrogens with zero attached hydrogens (tertiary/aromatic N) is 2. The van der Waals surface area contributed by atoms with Gasteiger partial charge in [0.05, 0.1) is 4.90 Å². The average molecular weight is 434 g/mol. The average Bonchev–Trinajstić information content (AvgIpc) is 3.24. The Bertz CT molecular complexity index is 1030. The van der Waals surface area contributed by atoms with Crippen molar-refractivity contribution in [3.63, 3.8) is 0 Å². The predicted molar refractivity (Wildman–Crippen MR) is 115 cm³/mol. The lowest BCUT2D eigenvalue weighted by Crippen LogP contribution is -2.44. The Morgan fingerprint density at radius 1 is 1.07 bits per heavy atom. The first-order valence-electron chi connectivity index (χ1n) is 9.04. The van der Waals surface area contributed by atoms with Gasteiger partial charge in [-0.1, -0.05) is 35.9 Å². The molecule has 146 valence electrons. The Morgan fingerprint density at radius 2 is 1.82 bits per heavy atom. The van der Waals surface area contributed by atoms with Crippen LogP contribution in [0.1, 0.15) is 12.8 Å². The number of thiazole rings is 1. The van der Waals surface area contributed by atoms with Crippen LogP contribution in [0.2, 0.25) is 5.02 Å². The van der Waals surface area contributed by atoms with Crippen LogP contribution in [0.15, 0.2) is 65.0 Å². The summed E-state index contributed by atoms with van der Waals surface area (Å²) in [6, 6.07) is 14.3. The van der Waals surface area contributed by atoms with Crippen LogP contribution in [-0.4, -0.2) is 32.5 Å². The van der Waals surface area contributed by atoms with Crippen LogP contribution in [0.4, 0.5) is 5.13 Å². The summed E-state index contributed by atoms with van der Waals surface area (Å²) < 4.78 is 28.7. The van der Waals surface area contributed by atoms with Crippen LogP contribution >= 0.6 is 22.9 Å². The molecule has 1 aromatic heterocycles.